The van der Waals surface area contributed by atoms with Gasteiger partial charge in [0.05, 0.1) is 16.7 Å². The number of hydrogen-bond acceptors (Lipinski definition) is 4. The van der Waals surface area contributed by atoms with Crippen LogP contribution in [0, 0.1) is 20.8 Å². The predicted octanol–water partition coefficient (Wildman–Crippen LogP) is 5.54. The predicted molar refractivity (Wildman–Crippen MR) is 144 cm³/mol. The van der Waals surface area contributed by atoms with Crippen LogP contribution in [0.15, 0.2) is 65.5 Å². The van der Waals surface area contributed by atoms with Crippen LogP contribution in [0.2, 0.25) is 0 Å². The van der Waals surface area contributed by atoms with Crippen molar-refractivity contribution in [2.24, 2.45) is 0 Å². The van der Waals surface area contributed by atoms with Crippen molar-refractivity contribution in [3.8, 4) is 11.3 Å². The zero-order valence-electron chi connectivity index (χ0n) is 21.2. The smallest absolute Gasteiger partial charge is 0.278 e. The molecule has 0 aliphatic rings. The zero-order chi connectivity index (χ0) is 26.0. The van der Waals surface area contributed by atoms with Gasteiger partial charge in [0.1, 0.15) is 11.7 Å². The Labute approximate surface area is 210 Å². The average Bonchev–Trinajstić information content (AvgIpc) is 2.86. The largest absolute Gasteiger partial charge is 0.325 e. The third kappa shape index (κ3) is 4.91. The number of amides is 2. The summed E-state index contributed by atoms with van der Waals surface area (Å²) in [5.41, 5.74) is 5.71. The van der Waals surface area contributed by atoms with Gasteiger partial charge in [-0.1, -0.05) is 36.8 Å². The second-order valence-corrected chi connectivity index (χ2v) is 9.04. The number of nitrogens with one attached hydrogen (secondary N) is 2. The third-order valence-electron chi connectivity index (χ3n) is 6.36. The average molecular weight is 483 g/mol. The summed E-state index contributed by atoms with van der Waals surface area (Å²) in [6, 6.07) is 17.6. The minimum Gasteiger partial charge on any atom is -0.325 e. The molecule has 0 aliphatic carbocycles. The van der Waals surface area contributed by atoms with Crippen molar-refractivity contribution >= 4 is 34.2 Å². The van der Waals surface area contributed by atoms with Crippen molar-refractivity contribution in [1.82, 2.24) is 9.55 Å². The number of aryl methyl sites for hydroxylation is 3. The fourth-order valence-corrected chi connectivity index (χ4v) is 4.10. The van der Waals surface area contributed by atoms with Crippen LogP contribution in [-0.4, -0.2) is 21.4 Å². The molecular weight excluding hydrogens is 452 g/mol. The molecule has 0 fully saturated rings. The molecule has 1 unspecified atom stereocenters. The summed E-state index contributed by atoms with van der Waals surface area (Å²) >= 11 is 0. The van der Waals surface area contributed by atoms with E-state index in [4.69, 9.17) is 0 Å². The van der Waals surface area contributed by atoms with Crippen LogP contribution in [0.1, 0.15) is 43.0 Å². The molecule has 3 aromatic carbocycles. The standard InChI is InChI=1S/C29H30N4O3/c1-6-26(34)31-23-14-11-17(2)15-22(23)27-29(36)33(25-10-8-7-9-24(25)32-27)20(5)28(35)30-21-13-12-18(3)19(4)16-21/h7-16,20H,6H2,1-5H3,(H,30,35)(H,31,34). The second-order valence-electron chi connectivity index (χ2n) is 9.04. The van der Waals surface area contributed by atoms with Crippen molar-refractivity contribution < 1.29 is 9.59 Å². The molecule has 0 saturated carbocycles. The Bertz CT molecular complexity index is 1540. The quantitative estimate of drug-likeness (QED) is 0.378. The highest BCUT2D eigenvalue weighted by Gasteiger charge is 2.23. The number of carbonyl (C=O) groups excluding carboxylic acids is 2. The van der Waals surface area contributed by atoms with E-state index >= 15 is 0 Å². The molecule has 2 N–H and O–H groups in total. The number of anilines is 2. The Balaban J connectivity index is 1.85. The topological polar surface area (TPSA) is 93.1 Å². The van der Waals surface area contributed by atoms with Crippen molar-refractivity contribution in [3.63, 3.8) is 0 Å². The Kier molecular flexibility index (Phi) is 7.01. The van der Waals surface area contributed by atoms with Gasteiger partial charge in [-0.3, -0.25) is 19.0 Å². The van der Waals surface area contributed by atoms with E-state index in [1.54, 1.807) is 26.0 Å². The first-order chi connectivity index (χ1) is 17.2. The Hall–Kier alpha value is -4.26. The molecule has 184 valence electrons. The normalized spacial score (nSPS) is 11.8. The first-order valence-corrected chi connectivity index (χ1v) is 12.0. The summed E-state index contributed by atoms with van der Waals surface area (Å²) in [5, 5.41) is 5.81. The van der Waals surface area contributed by atoms with E-state index in [0.717, 1.165) is 16.7 Å². The van der Waals surface area contributed by atoms with Crippen molar-refractivity contribution in [2.45, 2.75) is 47.1 Å². The molecule has 0 bridgehead atoms. The van der Waals surface area contributed by atoms with Gasteiger partial charge in [0.2, 0.25) is 11.8 Å². The monoisotopic (exact) mass is 482 g/mol. The first-order valence-electron chi connectivity index (χ1n) is 12.0. The van der Waals surface area contributed by atoms with E-state index in [-0.39, 0.29) is 17.5 Å². The summed E-state index contributed by atoms with van der Waals surface area (Å²) in [6.45, 7) is 9.37. The molecular formula is C29H30N4O3. The van der Waals surface area contributed by atoms with E-state index in [0.29, 0.717) is 34.4 Å². The molecule has 36 heavy (non-hydrogen) atoms. The Morgan fingerprint density at radius 2 is 1.69 bits per heavy atom. The van der Waals surface area contributed by atoms with Gasteiger partial charge in [-0.2, -0.15) is 0 Å². The molecule has 4 rings (SSSR count). The lowest BCUT2D eigenvalue weighted by Gasteiger charge is -2.20. The minimum atomic E-state index is -0.816. The molecule has 4 aromatic rings. The van der Waals surface area contributed by atoms with Crippen molar-refractivity contribution in [1.29, 1.82) is 0 Å². The lowest BCUT2D eigenvalue weighted by molar-refractivity contribution is -0.119. The molecule has 2 amide bonds. The molecule has 0 saturated heterocycles. The number of carbonyl (C=O) groups is 2. The van der Waals surface area contributed by atoms with Gasteiger partial charge in [0, 0.05) is 17.7 Å². The number of nitrogens with zero attached hydrogens (tertiary/aromatic N) is 2. The molecule has 0 spiro atoms. The van der Waals surface area contributed by atoms with Gasteiger partial charge in [-0.05, 0) is 75.2 Å². The van der Waals surface area contributed by atoms with Gasteiger partial charge < -0.3 is 10.6 Å². The Morgan fingerprint density at radius 3 is 2.42 bits per heavy atom. The maximum atomic E-state index is 13.9. The van der Waals surface area contributed by atoms with E-state index in [1.165, 1.54) is 4.57 Å². The lowest BCUT2D eigenvalue weighted by Crippen LogP contribution is -2.33. The number of benzene rings is 3. The van der Waals surface area contributed by atoms with Gasteiger partial charge in [0.15, 0.2) is 0 Å². The molecule has 7 heteroatoms. The summed E-state index contributed by atoms with van der Waals surface area (Å²) in [7, 11) is 0. The van der Waals surface area contributed by atoms with Gasteiger partial charge in [-0.15, -0.1) is 0 Å². The van der Waals surface area contributed by atoms with E-state index < -0.39 is 11.6 Å². The molecule has 0 aliphatic heterocycles. The van der Waals surface area contributed by atoms with Crippen LogP contribution >= 0.6 is 0 Å². The van der Waals surface area contributed by atoms with Crippen LogP contribution in [0.5, 0.6) is 0 Å². The summed E-state index contributed by atoms with van der Waals surface area (Å²) in [4.78, 5) is 44.1. The fourth-order valence-electron chi connectivity index (χ4n) is 4.10. The van der Waals surface area contributed by atoms with Crippen molar-refractivity contribution in [3.05, 3.63) is 87.7 Å². The summed E-state index contributed by atoms with van der Waals surface area (Å²) in [6.07, 6.45) is 0.304. The highest BCUT2D eigenvalue weighted by molar-refractivity contribution is 5.96. The van der Waals surface area contributed by atoms with Crippen LogP contribution in [-0.2, 0) is 9.59 Å². The number of rotatable bonds is 6. The zero-order valence-corrected chi connectivity index (χ0v) is 21.2. The Morgan fingerprint density at radius 1 is 0.944 bits per heavy atom. The number of fused-ring (bicyclic) bond motifs is 1. The second kappa shape index (κ2) is 10.2. The van der Waals surface area contributed by atoms with E-state index in [2.05, 4.69) is 15.6 Å². The maximum absolute atomic E-state index is 13.9. The molecule has 7 nitrogen and oxygen atoms in total. The molecule has 0 radical (unpaired) electrons. The van der Waals surface area contributed by atoms with Crippen LogP contribution < -0.4 is 16.2 Å². The fraction of sp³-hybridized carbons (Fsp3) is 0.241. The highest BCUT2D eigenvalue weighted by atomic mass is 16.2. The van der Waals surface area contributed by atoms with E-state index in [9.17, 15) is 14.4 Å². The SMILES string of the molecule is CCC(=O)Nc1ccc(C)cc1-c1nc2ccccc2n(C(C)C(=O)Nc2ccc(C)c(C)c2)c1=O. The van der Waals surface area contributed by atoms with E-state index in [1.807, 2.05) is 69.3 Å². The molecule has 1 aromatic heterocycles. The molecule has 1 atom stereocenters. The van der Waals surface area contributed by atoms with Crippen molar-refractivity contribution in [2.75, 3.05) is 10.6 Å². The number of aromatic nitrogens is 2. The van der Waals surface area contributed by atoms with Crippen LogP contribution in [0.3, 0.4) is 0 Å². The number of hydrogen-bond donors (Lipinski definition) is 2. The summed E-state index contributed by atoms with van der Waals surface area (Å²) in [5.74, 6) is -0.478. The van der Waals surface area contributed by atoms with Crippen LogP contribution in [0.4, 0.5) is 11.4 Å². The van der Waals surface area contributed by atoms with Crippen LogP contribution in [0.25, 0.3) is 22.3 Å². The minimum absolute atomic E-state index is 0.164. The highest BCUT2D eigenvalue weighted by Crippen LogP contribution is 2.28. The number of para-hydroxylation sites is 2. The van der Waals surface area contributed by atoms with Gasteiger partial charge in [-0.25, -0.2) is 4.98 Å². The first kappa shape index (κ1) is 24.9. The van der Waals surface area contributed by atoms with Gasteiger partial charge >= 0.3 is 0 Å². The third-order valence-corrected chi connectivity index (χ3v) is 6.36. The summed E-state index contributed by atoms with van der Waals surface area (Å²) < 4.78 is 1.47. The van der Waals surface area contributed by atoms with Gasteiger partial charge in [0.25, 0.3) is 5.56 Å². The lowest BCUT2D eigenvalue weighted by atomic mass is 10.1. The maximum Gasteiger partial charge on any atom is 0.278 e. The molecule has 1 heterocycles.